The molecule has 2 heterocycles. The molecular formula is C14H14N2O3. The van der Waals surface area contributed by atoms with Crippen LogP contribution < -0.4 is 4.74 Å². The summed E-state index contributed by atoms with van der Waals surface area (Å²) >= 11 is 0. The van der Waals surface area contributed by atoms with E-state index in [9.17, 15) is 4.79 Å². The van der Waals surface area contributed by atoms with Crippen LogP contribution in [-0.4, -0.2) is 23.0 Å². The third-order valence-electron chi connectivity index (χ3n) is 2.60. The van der Waals surface area contributed by atoms with Crippen LogP contribution >= 0.6 is 0 Å². The van der Waals surface area contributed by atoms with Gasteiger partial charge in [0, 0.05) is 18.5 Å². The predicted octanol–water partition coefficient (Wildman–Crippen LogP) is 2.15. The maximum Gasteiger partial charge on any atom is 0.339 e. The van der Waals surface area contributed by atoms with Crippen molar-refractivity contribution in [1.82, 2.24) is 9.97 Å². The molecule has 2 aromatic rings. The molecule has 0 atom stereocenters. The van der Waals surface area contributed by atoms with Crippen LogP contribution in [-0.2, 0) is 11.3 Å². The summed E-state index contributed by atoms with van der Waals surface area (Å²) in [6.07, 6.45) is 3.41. The first-order valence-corrected chi connectivity index (χ1v) is 5.78. The fraction of sp³-hybridized carbons (Fsp3) is 0.214. The van der Waals surface area contributed by atoms with Crippen molar-refractivity contribution < 1.29 is 14.3 Å². The molecule has 0 saturated heterocycles. The molecule has 0 aliphatic carbocycles. The number of carbonyl (C=O) groups is 1. The van der Waals surface area contributed by atoms with E-state index in [1.54, 1.807) is 31.5 Å². The summed E-state index contributed by atoms with van der Waals surface area (Å²) in [6.45, 7) is 2.15. The van der Waals surface area contributed by atoms with Gasteiger partial charge in [0.1, 0.15) is 6.61 Å². The van der Waals surface area contributed by atoms with Crippen LogP contribution in [0.1, 0.15) is 21.6 Å². The van der Waals surface area contributed by atoms with E-state index in [1.165, 1.54) is 7.11 Å². The second-order valence-corrected chi connectivity index (χ2v) is 3.92. The lowest BCUT2D eigenvalue weighted by atomic mass is 10.2. The molecule has 0 radical (unpaired) electrons. The highest BCUT2D eigenvalue weighted by Crippen LogP contribution is 2.14. The van der Waals surface area contributed by atoms with Gasteiger partial charge in [-0.05, 0) is 30.7 Å². The van der Waals surface area contributed by atoms with Crippen LogP contribution in [0, 0.1) is 6.92 Å². The Labute approximate surface area is 111 Å². The maximum atomic E-state index is 11.4. The van der Waals surface area contributed by atoms with Gasteiger partial charge in [-0.15, -0.1) is 0 Å². The van der Waals surface area contributed by atoms with Gasteiger partial charge in [-0.1, -0.05) is 0 Å². The number of aryl methyl sites for hydroxylation is 1. The van der Waals surface area contributed by atoms with Crippen molar-refractivity contribution >= 4 is 5.97 Å². The van der Waals surface area contributed by atoms with Crippen molar-refractivity contribution in [1.29, 1.82) is 0 Å². The zero-order valence-electron chi connectivity index (χ0n) is 10.8. The number of aromatic nitrogens is 2. The van der Waals surface area contributed by atoms with Crippen molar-refractivity contribution in [2.75, 3.05) is 7.11 Å². The molecule has 2 aromatic heterocycles. The van der Waals surface area contributed by atoms with E-state index >= 15 is 0 Å². The Morgan fingerprint density at radius 3 is 2.58 bits per heavy atom. The minimum atomic E-state index is -0.398. The smallest absolute Gasteiger partial charge is 0.339 e. The van der Waals surface area contributed by atoms with Crippen molar-refractivity contribution in [2.45, 2.75) is 13.5 Å². The molecule has 0 aromatic carbocycles. The molecule has 0 aliphatic heterocycles. The largest absolute Gasteiger partial charge is 0.473 e. The molecule has 0 N–H and O–H groups in total. The summed E-state index contributed by atoms with van der Waals surface area (Å²) in [5, 5.41) is 0. The second kappa shape index (κ2) is 5.95. The summed E-state index contributed by atoms with van der Waals surface area (Å²) in [5.41, 5.74) is 2.03. The lowest BCUT2D eigenvalue weighted by Crippen LogP contribution is -2.06. The van der Waals surface area contributed by atoms with Gasteiger partial charge in [0.05, 0.1) is 18.4 Å². The van der Waals surface area contributed by atoms with E-state index < -0.39 is 5.97 Å². The molecule has 2 rings (SSSR count). The van der Waals surface area contributed by atoms with E-state index in [4.69, 9.17) is 4.74 Å². The predicted molar refractivity (Wildman–Crippen MR) is 68.9 cm³/mol. The van der Waals surface area contributed by atoms with Gasteiger partial charge >= 0.3 is 5.97 Å². The minimum Gasteiger partial charge on any atom is -0.473 e. The molecule has 5 heteroatoms. The highest BCUT2D eigenvalue weighted by molar-refractivity contribution is 5.90. The van der Waals surface area contributed by atoms with Gasteiger partial charge in [0.15, 0.2) is 0 Å². The van der Waals surface area contributed by atoms with Crippen molar-refractivity contribution in [2.24, 2.45) is 0 Å². The summed E-state index contributed by atoms with van der Waals surface area (Å²) < 4.78 is 10.2. The summed E-state index contributed by atoms with van der Waals surface area (Å²) in [5.74, 6) is 0.0765. The molecule has 0 bridgehead atoms. The average molecular weight is 258 g/mol. The minimum absolute atomic E-state index is 0.398. The topological polar surface area (TPSA) is 61.3 Å². The van der Waals surface area contributed by atoms with Crippen molar-refractivity contribution in [3.8, 4) is 5.88 Å². The van der Waals surface area contributed by atoms with Crippen LogP contribution in [0.5, 0.6) is 5.88 Å². The number of hydrogen-bond donors (Lipinski definition) is 0. The highest BCUT2D eigenvalue weighted by Gasteiger charge is 2.11. The molecule has 98 valence electrons. The Morgan fingerprint density at radius 2 is 1.95 bits per heavy atom. The van der Waals surface area contributed by atoms with Gasteiger partial charge in [-0.2, -0.15) is 0 Å². The molecule has 0 unspecified atom stereocenters. The number of pyridine rings is 2. The van der Waals surface area contributed by atoms with Crippen LogP contribution in [0.2, 0.25) is 0 Å². The molecule has 19 heavy (non-hydrogen) atoms. The van der Waals surface area contributed by atoms with E-state index in [-0.39, 0.29) is 0 Å². The molecule has 0 spiro atoms. The number of nitrogens with zero attached hydrogens (tertiary/aromatic N) is 2. The number of hydrogen-bond acceptors (Lipinski definition) is 5. The van der Waals surface area contributed by atoms with E-state index in [2.05, 4.69) is 14.7 Å². The third kappa shape index (κ3) is 3.28. The number of carbonyl (C=O) groups excluding carboxylic acids is 1. The number of esters is 1. The second-order valence-electron chi connectivity index (χ2n) is 3.92. The first-order chi connectivity index (χ1) is 9.20. The third-order valence-corrected chi connectivity index (χ3v) is 2.60. The zero-order chi connectivity index (χ0) is 13.7. The summed E-state index contributed by atoms with van der Waals surface area (Å²) in [4.78, 5) is 19.6. The van der Waals surface area contributed by atoms with E-state index in [1.807, 2.05) is 12.1 Å². The lowest BCUT2D eigenvalue weighted by molar-refractivity contribution is 0.0599. The van der Waals surface area contributed by atoms with Crippen molar-refractivity contribution in [3.63, 3.8) is 0 Å². The first kappa shape index (κ1) is 13.0. The Hall–Kier alpha value is -2.43. The van der Waals surface area contributed by atoms with Gasteiger partial charge in [-0.3, -0.25) is 4.98 Å². The Kier molecular flexibility index (Phi) is 4.07. The Morgan fingerprint density at radius 1 is 1.21 bits per heavy atom. The number of ether oxygens (including phenoxy) is 2. The average Bonchev–Trinajstić information content (AvgIpc) is 2.45. The van der Waals surface area contributed by atoms with Gasteiger partial charge in [0.25, 0.3) is 0 Å². The fourth-order valence-corrected chi connectivity index (χ4v) is 1.58. The zero-order valence-corrected chi connectivity index (χ0v) is 10.8. The summed E-state index contributed by atoms with van der Waals surface area (Å²) in [6, 6.07) is 7.04. The monoisotopic (exact) mass is 258 g/mol. The highest BCUT2D eigenvalue weighted by atomic mass is 16.5. The molecule has 0 aliphatic rings. The SMILES string of the molecule is COC(=O)c1ccc(OCc2ccncc2)nc1C. The maximum absolute atomic E-state index is 11.4. The van der Waals surface area contributed by atoms with Crippen LogP contribution in [0.15, 0.2) is 36.7 Å². The molecular weight excluding hydrogens is 244 g/mol. The first-order valence-electron chi connectivity index (χ1n) is 5.78. The van der Waals surface area contributed by atoms with Gasteiger partial charge < -0.3 is 9.47 Å². The van der Waals surface area contributed by atoms with Gasteiger partial charge in [0.2, 0.25) is 5.88 Å². The summed E-state index contributed by atoms with van der Waals surface area (Å²) in [7, 11) is 1.34. The molecule has 0 saturated carbocycles. The number of rotatable bonds is 4. The molecule has 0 fully saturated rings. The Balaban J connectivity index is 2.06. The lowest BCUT2D eigenvalue weighted by Gasteiger charge is -2.08. The number of methoxy groups -OCH3 is 1. The normalized spacial score (nSPS) is 10.0. The van der Waals surface area contributed by atoms with Crippen LogP contribution in [0.3, 0.4) is 0 Å². The van der Waals surface area contributed by atoms with Gasteiger partial charge in [-0.25, -0.2) is 9.78 Å². The molecule has 5 nitrogen and oxygen atoms in total. The Bertz CT molecular complexity index is 570. The molecule has 0 amide bonds. The van der Waals surface area contributed by atoms with Crippen molar-refractivity contribution in [3.05, 3.63) is 53.5 Å². The van der Waals surface area contributed by atoms with Crippen LogP contribution in [0.25, 0.3) is 0 Å². The quantitative estimate of drug-likeness (QED) is 0.786. The standard InChI is InChI=1S/C14H14N2O3/c1-10-12(14(17)18-2)3-4-13(16-10)19-9-11-5-7-15-8-6-11/h3-8H,9H2,1-2H3. The fourth-order valence-electron chi connectivity index (χ4n) is 1.58. The van der Waals surface area contributed by atoms with E-state index in [0.717, 1.165) is 5.56 Å². The van der Waals surface area contributed by atoms with E-state index in [0.29, 0.717) is 23.7 Å². The van der Waals surface area contributed by atoms with Crippen LogP contribution in [0.4, 0.5) is 0 Å².